The Bertz CT molecular complexity index is 660. The summed E-state index contributed by atoms with van der Waals surface area (Å²) in [5, 5.41) is -0.00227. The number of nitrogen functional groups attached to an aromatic ring is 1. The summed E-state index contributed by atoms with van der Waals surface area (Å²) in [6.07, 6.45) is 0.774. The Hall–Kier alpha value is -2.07. The molecule has 0 fully saturated rings. The highest BCUT2D eigenvalue weighted by atomic mass is 35.5. The zero-order valence-corrected chi connectivity index (χ0v) is 12.4. The van der Waals surface area contributed by atoms with E-state index < -0.39 is 5.82 Å². The largest absolute Gasteiger partial charge is 0.399 e. The van der Waals surface area contributed by atoms with Crippen molar-refractivity contribution in [1.82, 2.24) is 0 Å². The van der Waals surface area contributed by atoms with E-state index in [9.17, 15) is 9.18 Å². The third-order valence-electron chi connectivity index (χ3n) is 3.04. The summed E-state index contributed by atoms with van der Waals surface area (Å²) in [6, 6.07) is 11.1. The maximum atomic E-state index is 13.5. The maximum Gasteiger partial charge on any atom is 0.258 e. The van der Waals surface area contributed by atoms with Crippen molar-refractivity contribution in [1.29, 1.82) is 0 Å². The van der Waals surface area contributed by atoms with Crippen LogP contribution in [0.4, 0.5) is 15.8 Å². The number of nitrogens with zero attached hydrogens (tertiary/aromatic N) is 1. The SMILES string of the molecule is CCCN(C(=O)c1ccc(Cl)c(F)c1)c1cccc(N)c1. The van der Waals surface area contributed by atoms with Gasteiger partial charge in [-0.2, -0.15) is 0 Å². The maximum absolute atomic E-state index is 13.5. The van der Waals surface area contributed by atoms with Crippen molar-refractivity contribution in [2.75, 3.05) is 17.2 Å². The molecule has 21 heavy (non-hydrogen) atoms. The lowest BCUT2D eigenvalue weighted by atomic mass is 10.1. The highest BCUT2D eigenvalue weighted by molar-refractivity contribution is 6.30. The minimum absolute atomic E-state index is 0.00227. The monoisotopic (exact) mass is 306 g/mol. The molecule has 0 aliphatic rings. The number of carbonyl (C=O) groups excluding carboxylic acids is 1. The molecule has 0 aliphatic heterocycles. The quantitative estimate of drug-likeness (QED) is 0.864. The molecule has 0 heterocycles. The van der Waals surface area contributed by atoms with Crippen LogP contribution in [0.25, 0.3) is 0 Å². The molecular weight excluding hydrogens is 291 g/mol. The molecule has 2 aromatic carbocycles. The second kappa shape index (κ2) is 6.59. The number of benzene rings is 2. The van der Waals surface area contributed by atoms with Gasteiger partial charge in [0, 0.05) is 23.5 Å². The van der Waals surface area contributed by atoms with Crippen LogP contribution in [0.3, 0.4) is 0 Å². The summed E-state index contributed by atoms with van der Waals surface area (Å²) >= 11 is 5.65. The van der Waals surface area contributed by atoms with E-state index in [0.717, 1.165) is 12.5 Å². The number of halogens is 2. The third kappa shape index (κ3) is 3.52. The second-order valence-electron chi connectivity index (χ2n) is 4.68. The lowest BCUT2D eigenvalue weighted by molar-refractivity contribution is 0.0986. The molecule has 0 aliphatic carbocycles. The van der Waals surface area contributed by atoms with Crippen LogP contribution in [0.15, 0.2) is 42.5 Å². The van der Waals surface area contributed by atoms with Gasteiger partial charge in [0.05, 0.1) is 5.02 Å². The summed E-state index contributed by atoms with van der Waals surface area (Å²) < 4.78 is 13.5. The molecule has 3 nitrogen and oxygen atoms in total. The Morgan fingerprint density at radius 3 is 2.67 bits per heavy atom. The topological polar surface area (TPSA) is 46.3 Å². The predicted molar refractivity (Wildman–Crippen MR) is 84.2 cm³/mol. The van der Waals surface area contributed by atoms with Crippen molar-refractivity contribution in [2.24, 2.45) is 0 Å². The predicted octanol–water partition coefficient (Wildman–Crippen LogP) is 4.12. The number of hydrogen-bond donors (Lipinski definition) is 1. The van der Waals surface area contributed by atoms with E-state index in [1.807, 2.05) is 6.92 Å². The number of rotatable bonds is 4. The van der Waals surface area contributed by atoms with E-state index in [-0.39, 0.29) is 16.5 Å². The van der Waals surface area contributed by atoms with Crippen molar-refractivity contribution in [3.63, 3.8) is 0 Å². The highest BCUT2D eigenvalue weighted by Crippen LogP contribution is 2.22. The van der Waals surface area contributed by atoms with Crippen molar-refractivity contribution in [3.05, 3.63) is 58.9 Å². The Kier molecular flexibility index (Phi) is 4.81. The average Bonchev–Trinajstić information content (AvgIpc) is 2.47. The molecule has 0 atom stereocenters. The molecule has 0 saturated carbocycles. The molecule has 2 N–H and O–H groups in total. The van der Waals surface area contributed by atoms with Crippen molar-refractivity contribution in [3.8, 4) is 0 Å². The first-order chi connectivity index (χ1) is 10.0. The molecule has 5 heteroatoms. The molecule has 0 spiro atoms. The molecule has 110 valence electrons. The minimum atomic E-state index is -0.605. The van der Waals surface area contributed by atoms with E-state index in [2.05, 4.69) is 0 Å². The third-order valence-corrected chi connectivity index (χ3v) is 3.35. The number of hydrogen-bond acceptors (Lipinski definition) is 2. The molecule has 0 aromatic heterocycles. The minimum Gasteiger partial charge on any atom is -0.399 e. The first-order valence-corrected chi connectivity index (χ1v) is 7.03. The molecule has 2 aromatic rings. The van der Waals surface area contributed by atoms with Crippen LogP contribution in [-0.2, 0) is 0 Å². The van der Waals surface area contributed by atoms with Crippen LogP contribution >= 0.6 is 11.6 Å². The first kappa shape index (κ1) is 15.3. The van der Waals surface area contributed by atoms with Gasteiger partial charge in [-0.1, -0.05) is 24.6 Å². The summed E-state index contributed by atoms with van der Waals surface area (Å²) in [5.41, 5.74) is 7.28. The first-order valence-electron chi connectivity index (χ1n) is 6.65. The van der Waals surface area contributed by atoms with Gasteiger partial charge in [0.15, 0.2) is 0 Å². The van der Waals surface area contributed by atoms with Crippen LogP contribution in [0.5, 0.6) is 0 Å². The molecular formula is C16H16ClFN2O. The highest BCUT2D eigenvalue weighted by Gasteiger charge is 2.18. The van der Waals surface area contributed by atoms with E-state index in [0.29, 0.717) is 17.9 Å². The van der Waals surface area contributed by atoms with Gasteiger partial charge >= 0.3 is 0 Å². The fourth-order valence-corrected chi connectivity index (χ4v) is 2.17. The van der Waals surface area contributed by atoms with Gasteiger partial charge in [-0.05, 0) is 42.8 Å². The molecule has 0 radical (unpaired) electrons. The Labute approximate surface area is 128 Å². The normalized spacial score (nSPS) is 10.4. The molecule has 0 unspecified atom stereocenters. The zero-order chi connectivity index (χ0) is 15.4. The summed E-state index contributed by atoms with van der Waals surface area (Å²) in [5.74, 6) is -0.885. The van der Waals surface area contributed by atoms with Crippen molar-refractivity contribution < 1.29 is 9.18 Å². The van der Waals surface area contributed by atoms with Crippen LogP contribution in [0, 0.1) is 5.82 Å². The molecule has 1 amide bonds. The molecule has 2 rings (SSSR count). The average molecular weight is 307 g/mol. The number of carbonyl (C=O) groups is 1. The van der Waals surface area contributed by atoms with Gasteiger partial charge in [0.1, 0.15) is 5.82 Å². The Morgan fingerprint density at radius 1 is 1.29 bits per heavy atom. The Morgan fingerprint density at radius 2 is 2.05 bits per heavy atom. The fraction of sp³-hybridized carbons (Fsp3) is 0.188. The van der Waals surface area contributed by atoms with Crippen molar-refractivity contribution >= 4 is 28.9 Å². The van der Waals surface area contributed by atoms with Crippen LogP contribution < -0.4 is 10.6 Å². The fourth-order valence-electron chi connectivity index (χ4n) is 2.05. The van der Waals surface area contributed by atoms with E-state index in [4.69, 9.17) is 17.3 Å². The standard InChI is InChI=1S/C16H16ClFN2O/c1-2-8-20(13-5-3-4-12(19)10-13)16(21)11-6-7-14(17)15(18)9-11/h3-7,9-10H,2,8,19H2,1H3. The van der Waals surface area contributed by atoms with Gasteiger partial charge in [-0.3, -0.25) is 4.79 Å². The summed E-state index contributed by atoms with van der Waals surface area (Å²) in [6.45, 7) is 2.49. The lowest BCUT2D eigenvalue weighted by Gasteiger charge is -2.22. The Balaban J connectivity index is 2.37. The lowest BCUT2D eigenvalue weighted by Crippen LogP contribution is -2.31. The zero-order valence-electron chi connectivity index (χ0n) is 11.6. The van der Waals surface area contributed by atoms with Crippen molar-refractivity contribution in [2.45, 2.75) is 13.3 Å². The van der Waals surface area contributed by atoms with Crippen LogP contribution in [0.1, 0.15) is 23.7 Å². The number of amides is 1. The van der Waals surface area contributed by atoms with E-state index in [1.165, 1.54) is 12.1 Å². The molecule has 0 bridgehead atoms. The number of anilines is 2. The van der Waals surface area contributed by atoms with Crippen LogP contribution in [-0.4, -0.2) is 12.5 Å². The van der Waals surface area contributed by atoms with E-state index in [1.54, 1.807) is 29.2 Å². The summed E-state index contributed by atoms with van der Waals surface area (Å²) in [4.78, 5) is 14.2. The summed E-state index contributed by atoms with van der Waals surface area (Å²) in [7, 11) is 0. The van der Waals surface area contributed by atoms with Gasteiger partial charge in [-0.15, -0.1) is 0 Å². The van der Waals surface area contributed by atoms with Gasteiger partial charge in [0.25, 0.3) is 5.91 Å². The van der Waals surface area contributed by atoms with E-state index >= 15 is 0 Å². The second-order valence-corrected chi connectivity index (χ2v) is 5.09. The number of nitrogens with two attached hydrogens (primary N) is 1. The van der Waals surface area contributed by atoms with Gasteiger partial charge in [-0.25, -0.2) is 4.39 Å². The van der Waals surface area contributed by atoms with Crippen LogP contribution in [0.2, 0.25) is 5.02 Å². The van der Waals surface area contributed by atoms with Gasteiger partial charge < -0.3 is 10.6 Å². The molecule has 0 saturated heterocycles. The smallest absolute Gasteiger partial charge is 0.258 e. The van der Waals surface area contributed by atoms with Gasteiger partial charge in [0.2, 0.25) is 0 Å².